The lowest BCUT2D eigenvalue weighted by Gasteiger charge is -2.25. The number of sulfone groups is 1. The van der Waals surface area contributed by atoms with E-state index in [9.17, 15) is 13.2 Å². The molecule has 2 aliphatic carbocycles. The molecule has 2 unspecified atom stereocenters. The molecule has 0 amide bonds. The molecule has 0 N–H and O–H groups in total. The first-order valence-electron chi connectivity index (χ1n) is 5.42. The Bertz CT molecular complexity index is 393. The fourth-order valence-electron chi connectivity index (χ4n) is 3.20. The third kappa shape index (κ3) is 2.12. The lowest BCUT2D eigenvalue weighted by Crippen LogP contribution is -2.33. The van der Waals surface area contributed by atoms with E-state index < -0.39 is 9.84 Å². The molecule has 0 spiro atoms. The van der Waals surface area contributed by atoms with Gasteiger partial charge in [-0.25, -0.2) is 8.42 Å². The Morgan fingerprint density at radius 2 is 1.88 bits per heavy atom. The fourth-order valence-corrected chi connectivity index (χ4v) is 5.98. The number of halogens is 2. The molecule has 2 bridgehead atoms. The average molecular weight is 285 g/mol. The van der Waals surface area contributed by atoms with Crippen LogP contribution in [0.4, 0.5) is 0 Å². The molecule has 2 saturated carbocycles. The van der Waals surface area contributed by atoms with Crippen molar-refractivity contribution in [2.75, 3.05) is 11.6 Å². The minimum absolute atomic E-state index is 0.0436. The van der Waals surface area contributed by atoms with E-state index in [-0.39, 0.29) is 39.9 Å². The van der Waals surface area contributed by atoms with Gasteiger partial charge in [-0.1, -0.05) is 0 Å². The number of alkyl halides is 1. The van der Waals surface area contributed by atoms with Crippen molar-refractivity contribution in [2.24, 2.45) is 17.8 Å². The number of hydrogen-bond acceptors (Lipinski definition) is 3. The van der Waals surface area contributed by atoms with Crippen molar-refractivity contribution in [1.29, 1.82) is 0 Å². The number of carbonyl (C=O) groups excluding carboxylic acids is 1. The van der Waals surface area contributed by atoms with Crippen LogP contribution in [0, 0.1) is 17.8 Å². The van der Waals surface area contributed by atoms with Gasteiger partial charge in [0.15, 0.2) is 9.84 Å². The van der Waals surface area contributed by atoms with Crippen molar-refractivity contribution in [2.45, 2.75) is 24.5 Å². The lowest BCUT2D eigenvalue weighted by atomic mass is 9.90. The van der Waals surface area contributed by atoms with Crippen molar-refractivity contribution in [3.8, 4) is 0 Å². The summed E-state index contributed by atoms with van der Waals surface area (Å²) in [4.78, 5) is 11.1. The largest absolute Gasteiger partial charge is 0.281 e. The van der Waals surface area contributed by atoms with Gasteiger partial charge in [-0.15, -0.1) is 11.6 Å². The number of carbonyl (C=O) groups is 1. The van der Waals surface area contributed by atoms with Gasteiger partial charge in [-0.2, -0.15) is 0 Å². The molecular weight excluding hydrogens is 271 g/mol. The standard InChI is InChI=1S/C10H14Cl2O3S/c11-1-2-16(14,15)9-5-6-3-7(9)4-8(6)10(12)13/h6-9H,1-5H2/t6-,7-,8?,9?/m0/s1. The third-order valence-corrected chi connectivity index (χ3v) is 6.87. The topological polar surface area (TPSA) is 51.2 Å². The zero-order chi connectivity index (χ0) is 11.9. The van der Waals surface area contributed by atoms with E-state index in [2.05, 4.69) is 0 Å². The number of hydrogen-bond donors (Lipinski definition) is 0. The highest BCUT2D eigenvalue weighted by Crippen LogP contribution is 2.51. The molecule has 3 nitrogen and oxygen atoms in total. The maximum absolute atomic E-state index is 11.9. The van der Waals surface area contributed by atoms with E-state index in [1.165, 1.54) is 0 Å². The Labute approximate surface area is 105 Å². The highest BCUT2D eigenvalue weighted by Gasteiger charge is 2.52. The molecule has 0 aliphatic heterocycles. The molecule has 0 aromatic heterocycles. The Balaban J connectivity index is 2.09. The summed E-state index contributed by atoms with van der Waals surface area (Å²) in [6, 6.07) is 0. The Morgan fingerprint density at radius 1 is 1.19 bits per heavy atom. The molecular formula is C10H14Cl2O3S. The molecule has 2 rings (SSSR count). The van der Waals surface area contributed by atoms with Crippen LogP contribution in [-0.4, -0.2) is 30.5 Å². The molecule has 0 aromatic rings. The van der Waals surface area contributed by atoms with Gasteiger partial charge in [0.2, 0.25) is 5.24 Å². The minimum Gasteiger partial charge on any atom is -0.281 e. The van der Waals surface area contributed by atoms with E-state index in [1.807, 2.05) is 0 Å². The first kappa shape index (κ1) is 12.7. The molecule has 0 saturated heterocycles. The second kappa shape index (κ2) is 4.46. The predicted molar refractivity (Wildman–Crippen MR) is 63.5 cm³/mol. The van der Waals surface area contributed by atoms with E-state index in [0.29, 0.717) is 12.8 Å². The zero-order valence-electron chi connectivity index (χ0n) is 8.73. The van der Waals surface area contributed by atoms with Gasteiger partial charge in [-0.05, 0) is 42.7 Å². The Hall–Kier alpha value is 0.200. The first-order valence-corrected chi connectivity index (χ1v) is 8.05. The van der Waals surface area contributed by atoms with Crippen LogP contribution >= 0.6 is 23.2 Å². The Morgan fingerprint density at radius 3 is 2.31 bits per heavy atom. The quantitative estimate of drug-likeness (QED) is 0.585. The van der Waals surface area contributed by atoms with Crippen molar-refractivity contribution in [3.05, 3.63) is 0 Å². The average Bonchev–Trinajstić information content (AvgIpc) is 2.75. The van der Waals surface area contributed by atoms with Gasteiger partial charge in [0.1, 0.15) is 0 Å². The highest BCUT2D eigenvalue weighted by molar-refractivity contribution is 7.92. The van der Waals surface area contributed by atoms with Crippen molar-refractivity contribution < 1.29 is 13.2 Å². The van der Waals surface area contributed by atoms with E-state index >= 15 is 0 Å². The molecule has 92 valence electrons. The number of fused-ring (bicyclic) bond motifs is 2. The summed E-state index contributed by atoms with van der Waals surface area (Å²) in [7, 11) is -3.08. The molecule has 0 radical (unpaired) electrons. The van der Waals surface area contributed by atoms with Crippen LogP contribution in [0.5, 0.6) is 0 Å². The fraction of sp³-hybridized carbons (Fsp3) is 0.900. The molecule has 0 heterocycles. The first-order chi connectivity index (χ1) is 7.45. The zero-order valence-corrected chi connectivity index (χ0v) is 11.1. The van der Waals surface area contributed by atoms with Crippen LogP contribution in [0.15, 0.2) is 0 Å². The molecule has 2 fully saturated rings. The molecule has 0 aromatic carbocycles. The molecule has 2 aliphatic rings. The summed E-state index contributed by atoms with van der Waals surface area (Å²) >= 11 is 11.0. The predicted octanol–water partition coefficient (Wildman–Crippen LogP) is 1.82. The minimum atomic E-state index is -3.08. The smallest absolute Gasteiger partial charge is 0.225 e. The summed E-state index contributed by atoms with van der Waals surface area (Å²) in [5.41, 5.74) is 0. The summed E-state index contributed by atoms with van der Waals surface area (Å²) < 4.78 is 23.8. The van der Waals surface area contributed by atoms with Gasteiger partial charge in [-0.3, -0.25) is 4.79 Å². The van der Waals surface area contributed by atoms with Gasteiger partial charge in [0, 0.05) is 11.8 Å². The normalized spacial score (nSPS) is 37.9. The van der Waals surface area contributed by atoms with Gasteiger partial charge < -0.3 is 0 Å². The summed E-state index contributed by atoms with van der Waals surface area (Å²) in [5.74, 6) is 0.362. The molecule has 6 heteroatoms. The van der Waals surface area contributed by atoms with Crippen LogP contribution in [0.2, 0.25) is 0 Å². The van der Waals surface area contributed by atoms with Crippen molar-refractivity contribution in [3.63, 3.8) is 0 Å². The third-order valence-electron chi connectivity index (χ3n) is 3.91. The Kier molecular flexibility index (Phi) is 3.53. The SMILES string of the molecule is O=C(Cl)C1C[C@@H]2C[C@H]1CC2S(=O)(=O)CCCl. The summed E-state index contributed by atoms with van der Waals surface area (Å²) in [5, 5.41) is -0.593. The monoisotopic (exact) mass is 284 g/mol. The van der Waals surface area contributed by atoms with E-state index in [4.69, 9.17) is 23.2 Å². The van der Waals surface area contributed by atoms with Crippen LogP contribution < -0.4 is 0 Å². The van der Waals surface area contributed by atoms with Gasteiger partial charge in [0.05, 0.1) is 11.0 Å². The van der Waals surface area contributed by atoms with Crippen molar-refractivity contribution >= 4 is 38.3 Å². The second-order valence-corrected chi connectivity index (χ2v) is 7.82. The van der Waals surface area contributed by atoms with E-state index in [1.54, 1.807) is 0 Å². The maximum atomic E-state index is 11.9. The summed E-state index contributed by atoms with van der Waals surface area (Å²) in [6.45, 7) is 0. The second-order valence-electron chi connectivity index (χ2n) is 4.73. The van der Waals surface area contributed by atoms with Gasteiger partial charge in [0.25, 0.3) is 0 Å². The van der Waals surface area contributed by atoms with Crippen LogP contribution in [-0.2, 0) is 14.6 Å². The number of rotatable bonds is 4. The van der Waals surface area contributed by atoms with Gasteiger partial charge >= 0.3 is 0 Å². The van der Waals surface area contributed by atoms with Crippen LogP contribution in [0.1, 0.15) is 19.3 Å². The van der Waals surface area contributed by atoms with Crippen molar-refractivity contribution in [1.82, 2.24) is 0 Å². The summed E-state index contributed by atoms with van der Waals surface area (Å²) in [6.07, 6.45) is 2.06. The maximum Gasteiger partial charge on any atom is 0.225 e. The molecule has 16 heavy (non-hydrogen) atoms. The van der Waals surface area contributed by atoms with E-state index in [0.717, 1.165) is 6.42 Å². The van der Waals surface area contributed by atoms with Crippen LogP contribution in [0.25, 0.3) is 0 Å². The lowest BCUT2D eigenvalue weighted by molar-refractivity contribution is -0.116. The molecule has 4 atom stereocenters. The van der Waals surface area contributed by atoms with Crippen LogP contribution in [0.3, 0.4) is 0 Å². The highest BCUT2D eigenvalue weighted by atomic mass is 35.5.